The maximum absolute atomic E-state index is 12.5. The molecule has 1 saturated heterocycles. The van der Waals surface area contributed by atoms with Crippen LogP contribution in [-0.4, -0.2) is 46.0 Å². The number of carbonyl (C=O) groups is 2. The second-order valence-corrected chi connectivity index (χ2v) is 7.35. The van der Waals surface area contributed by atoms with E-state index in [0.717, 1.165) is 35.1 Å². The Labute approximate surface area is 162 Å². The van der Waals surface area contributed by atoms with E-state index >= 15 is 0 Å². The fourth-order valence-electron chi connectivity index (χ4n) is 2.30. The van der Waals surface area contributed by atoms with Gasteiger partial charge in [0.25, 0.3) is 5.91 Å². The Kier molecular flexibility index (Phi) is 7.05. The van der Waals surface area contributed by atoms with Crippen molar-refractivity contribution in [3.8, 4) is 11.5 Å². The van der Waals surface area contributed by atoms with Gasteiger partial charge in [-0.25, -0.2) is 4.79 Å². The first kappa shape index (κ1) is 20.3. The van der Waals surface area contributed by atoms with E-state index in [1.807, 2.05) is 6.07 Å². The highest BCUT2D eigenvalue weighted by molar-refractivity contribution is 8.26. The highest BCUT2D eigenvalue weighted by atomic mass is 32.2. The fourth-order valence-corrected chi connectivity index (χ4v) is 3.71. The van der Waals surface area contributed by atoms with Gasteiger partial charge in [0.05, 0.1) is 18.6 Å². The molecule has 0 aliphatic carbocycles. The van der Waals surface area contributed by atoms with Crippen molar-refractivity contribution >= 4 is 46.3 Å². The zero-order chi connectivity index (χ0) is 19.3. The van der Waals surface area contributed by atoms with Gasteiger partial charge in [0.2, 0.25) is 0 Å². The van der Waals surface area contributed by atoms with Gasteiger partial charge in [-0.05, 0) is 37.1 Å². The number of hydrogen-bond donors (Lipinski definition) is 1. The van der Waals surface area contributed by atoms with Crippen molar-refractivity contribution in [3.05, 3.63) is 28.7 Å². The van der Waals surface area contributed by atoms with E-state index in [9.17, 15) is 9.59 Å². The van der Waals surface area contributed by atoms with Gasteiger partial charge in [0.15, 0.2) is 11.5 Å². The monoisotopic (exact) mass is 395 g/mol. The van der Waals surface area contributed by atoms with Gasteiger partial charge in [-0.2, -0.15) is 0 Å². The van der Waals surface area contributed by atoms with Gasteiger partial charge in [-0.15, -0.1) is 0 Å². The maximum Gasteiger partial charge on any atom is 0.326 e. The Morgan fingerprint density at radius 2 is 2.15 bits per heavy atom. The van der Waals surface area contributed by atoms with Crippen molar-refractivity contribution in [1.82, 2.24) is 4.90 Å². The summed E-state index contributed by atoms with van der Waals surface area (Å²) in [5.41, 5.74) is 0.744. The third kappa shape index (κ3) is 4.56. The summed E-state index contributed by atoms with van der Waals surface area (Å²) in [5.74, 6) is -0.288. The number of aliphatic carboxylic acids is 1. The Hall–Kier alpha value is -2.06. The summed E-state index contributed by atoms with van der Waals surface area (Å²) < 4.78 is 11.3. The largest absolute Gasteiger partial charge is 0.493 e. The van der Waals surface area contributed by atoms with Crippen molar-refractivity contribution in [2.24, 2.45) is 0 Å². The predicted octanol–water partition coefficient (Wildman–Crippen LogP) is 3.55. The summed E-state index contributed by atoms with van der Waals surface area (Å²) in [6.45, 7) is 4.13. The topological polar surface area (TPSA) is 76.1 Å². The number of thiocarbonyl (C=S) groups is 1. The number of nitrogens with zero attached hydrogens (tertiary/aromatic N) is 1. The molecule has 1 aromatic carbocycles. The molecule has 26 heavy (non-hydrogen) atoms. The lowest BCUT2D eigenvalue weighted by molar-refractivity contribution is -0.144. The molecule has 140 valence electrons. The van der Waals surface area contributed by atoms with Gasteiger partial charge >= 0.3 is 5.97 Å². The second kappa shape index (κ2) is 9.05. The average Bonchev–Trinajstić information content (AvgIpc) is 2.88. The van der Waals surface area contributed by atoms with Gasteiger partial charge in [0, 0.05) is 0 Å². The summed E-state index contributed by atoms with van der Waals surface area (Å²) in [5, 5.41) is 9.13. The van der Waals surface area contributed by atoms with E-state index in [1.165, 1.54) is 6.92 Å². The molecular formula is C18H21NO5S2. The summed E-state index contributed by atoms with van der Waals surface area (Å²) in [4.78, 5) is 25.1. The van der Waals surface area contributed by atoms with Gasteiger partial charge in [0.1, 0.15) is 10.4 Å². The van der Waals surface area contributed by atoms with Crippen molar-refractivity contribution in [2.75, 3.05) is 13.7 Å². The zero-order valence-electron chi connectivity index (χ0n) is 14.9. The van der Waals surface area contributed by atoms with Crippen LogP contribution in [0.4, 0.5) is 0 Å². The first-order valence-corrected chi connectivity index (χ1v) is 9.42. The molecule has 1 amide bonds. The van der Waals surface area contributed by atoms with Gasteiger partial charge in [-0.3, -0.25) is 9.69 Å². The van der Waals surface area contributed by atoms with E-state index in [2.05, 4.69) is 6.92 Å². The molecule has 2 rings (SSSR count). The van der Waals surface area contributed by atoms with E-state index in [4.69, 9.17) is 26.8 Å². The van der Waals surface area contributed by atoms with E-state index < -0.39 is 17.9 Å². The third-order valence-electron chi connectivity index (χ3n) is 3.81. The van der Waals surface area contributed by atoms with Crippen LogP contribution >= 0.6 is 24.0 Å². The number of amides is 1. The normalized spacial score (nSPS) is 16.9. The molecule has 0 bridgehead atoms. The summed E-state index contributed by atoms with van der Waals surface area (Å²) in [6, 6.07) is 4.38. The Balaban J connectivity index is 2.22. The number of carboxylic acid groups (broad SMARTS) is 1. The quantitative estimate of drug-likeness (QED) is 0.410. The number of carbonyl (C=O) groups excluding carboxylic acids is 1. The molecule has 0 unspecified atom stereocenters. The summed E-state index contributed by atoms with van der Waals surface area (Å²) >= 11 is 6.24. The smallest absolute Gasteiger partial charge is 0.326 e. The van der Waals surface area contributed by atoms with Crippen LogP contribution in [0.2, 0.25) is 0 Å². The molecule has 1 N–H and O–H groups in total. The highest BCUT2D eigenvalue weighted by Crippen LogP contribution is 2.35. The lowest BCUT2D eigenvalue weighted by Crippen LogP contribution is -2.41. The molecule has 1 fully saturated rings. The standard InChI is InChI=1S/C18H21NO5S2/c1-4-5-8-24-13-7-6-12(9-14(13)23-3)10-15-16(20)19(18(25)26-15)11(2)17(21)22/h6-7,9-11H,4-5,8H2,1-3H3,(H,21,22)/b15-10+/t11-/m0/s1. The second-order valence-electron chi connectivity index (χ2n) is 5.68. The van der Waals surface area contributed by atoms with Crippen LogP contribution in [0.25, 0.3) is 6.08 Å². The van der Waals surface area contributed by atoms with Crippen molar-refractivity contribution in [3.63, 3.8) is 0 Å². The molecule has 0 aromatic heterocycles. The van der Waals surface area contributed by atoms with Crippen molar-refractivity contribution in [2.45, 2.75) is 32.7 Å². The number of unbranched alkanes of at least 4 members (excludes halogenated alkanes) is 1. The number of methoxy groups -OCH3 is 1. The van der Waals surface area contributed by atoms with Gasteiger partial charge < -0.3 is 14.6 Å². The van der Waals surface area contributed by atoms with E-state index in [-0.39, 0.29) is 4.32 Å². The van der Waals surface area contributed by atoms with Crippen LogP contribution < -0.4 is 9.47 Å². The zero-order valence-corrected chi connectivity index (χ0v) is 16.5. The van der Waals surface area contributed by atoms with Crippen LogP contribution in [0, 0.1) is 0 Å². The minimum absolute atomic E-state index is 0.239. The number of benzene rings is 1. The molecule has 1 aliphatic rings. The van der Waals surface area contributed by atoms with Crippen LogP contribution in [0.5, 0.6) is 11.5 Å². The summed E-state index contributed by atoms with van der Waals surface area (Å²) in [7, 11) is 1.56. The molecule has 1 aromatic rings. The molecule has 0 spiro atoms. The number of ether oxygens (including phenoxy) is 2. The first-order valence-electron chi connectivity index (χ1n) is 8.19. The Morgan fingerprint density at radius 1 is 1.42 bits per heavy atom. The van der Waals surface area contributed by atoms with Crippen LogP contribution in [0.15, 0.2) is 23.1 Å². The average molecular weight is 396 g/mol. The number of hydrogen-bond acceptors (Lipinski definition) is 6. The maximum atomic E-state index is 12.5. The molecular weight excluding hydrogens is 374 g/mol. The summed E-state index contributed by atoms with van der Waals surface area (Å²) in [6.07, 6.45) is 3.67. The number of rotatable bonds is 8. The highest BCUT2D eigenvalue weighted by Gasteiger charge is 2.38. The predicted molar refractivity (Wildman–Crippen MR) is 106 cm³/mol. The van der Waals surface area contributed by atoms with Crippen LogP contribution in [-0.2, 0) is 9.59 Å². The lowest BCUT2D eigenvalue weighted by atomic mass is 10.1. The number of thioether (sulfide) groups is 1. The van der Waals surface area contributed by atoms with E-state index in [1.54, 1.807) is 25.3 Å². The third-order valence-corrected chi connectivity index (χ3v) is 5.14. The Bertz CT molecular complexity index is 747. The van der Waals surface area contributed by atoms with Crippen molar-refractivity contribution < 1.29 is 24.2 Å². The lowest BCUT2D eigenvalue weighted by Gasteiger charge is -2.18. The SMILES string of the molecule is CCCCOc1ccc(/C=C2/SC(=S)N([C@@H](C)C(=O)O)C2=O)cc1OC. The van der Waals surface area contributed by atoms with Crippen molar-refractivity contribution in [1.29, 1.82) is 0 Å². The molecule has 6 nitrogen and oxygen atoms in total. The first-order chi connectivity index (χ1) is 12.4. The van der Waals surface area contributed by atoms with Crippen LogP contribution in [0.3, 0.4) is 0 Å². The molecule has 1 heterocycles. The number of carboxylic acids is 1. The molecule has 0 saturated carbocycles. The minimum Gasteiger partial charge on any atom is -0.493 e. The van der Waals surface area contributed by atoms with E-state index in [0.29, 0.717) is 23.0 Å². The molecule has 1 atom stereocenters. The fraction of sp³-hybridized carbons (Fsp3) is 0.389. The van der Waals surface area contributed by atoms with Gasteiger partial charge in [-0.1, -0.05) is 43.4 Å². The van der Waals surface area contributed by atoms with Crippen LogP contribution in [0.1, 0.15) is 32.3 Å². The molecule has 1 aliphatic heterocycles. The molecule has 0 radical (unpaired) electrons. The Morgan fingerprint density at radius 3 is 2.77 bits per heavy atom. The minimum atomic E-state index is -1.10. The molecule has 8 heteroatoms.